The molecule has 0 aromatic heterocycles. The van der Waals surface area contributed by atoms with Gasteiger partial charge in [0.2, 0.25) is 0 Å². The maximum atomic E-state index is 10.5. The third-order valence-electron chi connectivity index (χ3n) is 9.71. The Bertz CT molecular complexity index is 1510. The number of rotatable bonds is 30. The molecule has 57 heavy (non-hydrogen) atoms. The summed E-state index contributed by atoms with van der Waals surface area (Å²) in [6.07, 6.45) is 28.2. The number of phenolic OH excluding ortho intramolecular Hbond substituents is 2. The molecule has 2 N–H and O–H groups in total. The van der Waals surface area contributed by atoms with Crippen LogP contribution >= 0.6 is 0 Å². The molecule has 0 saturated heterocycles. The third kappa shape index (κ3) is 21.7. The summed E-state index contributed by atoms with van der Waals surface area (Å²) in [6.45, 7) is 5.67. The van der Waals surface area contributed by atoms with Crippen LogP contribution in [-0.2, 0) is 4.47 Å². The van der Waals surface area contributed by atoms with Gasteiger partial charge in [0.1, 0.15) is 23.0 Å². The summed E-state index contributed by atoms with van der Waals surface area (Å²) in [6, 6.07) is 13.7. The number of phenols is 2. The molecule has 3 aromatic rings. The zero-order chi connectivity index (χ0) is 41.4. The van der Waals surface area contributed by atoms with Gasteiger partial charge in [0.25, 0.3) is 0 Å². The van der Waals surface area contributed by atoms with E-state index in [1.807, 2.05) is 12.1 Å². The van der Waals surface area contributed by atoms with Gasteiger partial charge in [0.15, 0.2) is 11.5 Å². The average molecular weight is 1020 g/mol. The molecule has 0 radical (unpaired) electrons. The first kappa shape index (κ1) is 49.6. The van der Waals surface area contributed by atoms with Crippen molar-refractivity contribution in [3.8, 4) is 34.5 Å². The van der Waals surface area contributed by atoms with Gasteiger partial charge < -0.3 is 29.2 Å². The fourth-order valence-electron chi connectivity index (χ4n) is 6.32. The van der Waals surface area contributed by atoms with E-state index in [-0.39, 0.29) is 11.5 Å². The summed E-state index contributed by atoms with van der Waals surface area (Å²) in [5.74, 6) is 2.61. The van der Waals surface area contributed by atoms with Gasteiger partial charge in [-0.25, -0.2) is 0 Å². The van der Waals surface area contributed by atoms with Gasteiger partial charge in [-0.05, 0) is 49.2 Å². The molecule has 11 heteroatoms. The molecule has 0 spiro atoms. The van der Waals surface area contributed by atoms with Crippen LogP contribution in [0.25, 0.3) is 0 Å². The van der Waals surface area contributed by atoms with E-state index in [1.54, 1.807) is 63.0 Å². The van der Waals surface area contributed by atoms with Crippen molar-refractivity contribution >= 4 is 23.8 Å². The molecule has 0 saturated carbocycles. The number of nitrogens with zero attached hydrogens (tertiary/aromatic N) is 2. The number of aromatic hydroxyl groups is 2. The Morgan fingerprint density at radius 3 is 1.14 bits per heavy atom. The first-order chi connectivity index (χ1) is 27.9. The summed E-state index contributed by atoms with van der Waals surface area (Å²) in [4.78, 5) is 9.54. The Balaban J connectivity index is 0.00000362. The van der Waals surface area contributed by atoms with Gasteiger partial charge in [-0.15, -0.1) is 0 Å². The van der Waals surface area contributed by atoms with Gasteiger partial charge in [-0.2, -0.15) is 0 Å². The summed E-state index contributed by atoms with van der Waals surface area (Å²) in [7, 11) is 3.17. The monoisotopic (exact) mass is 1010 g/mol. The molecule has 0 atom stereocenters. The van der Waals surface area contributed by atoms with Crippen LogP contribution in [0.2, 0.25) is 0 Å². The molecular formula is C46H68N2O8U. The van der Waals surface area contributed by atoms with Crippen molar-refractivity contribution in [2.75, 3.05) is 27.4 Å². The van der Waals surface area contributed by atoms with Gasteiger partial charge in [0.05, 0.1) is 38.8 Å². The van der Waals surface area contributed by atoms with Crippen molar-refractivity contribution in [3.63, 3.8) is 0 Å². The first-order valence-electron chi connectivity index (χ1n) is 21.2. The van der Waals surface area contributed by atoms with Crippen molar-refractivity contribution in [3.05, 3.63) is 59.7 Å². The van der Waals surface area contributed by atoms with Crippen molar-refractivity contribution in [1.29, 1.82) is 0 Å². The zero-order valence-electron chi connectivity index (χ0n) is 35.1. The van der Waals surface area contributed by atoms with Crippen LogP contribution < -0.4 is 18.9 Å². The number of unbranched alkanes of at least 4 members (excludes halogenated alkanes) is 18. The molecule has 3 aromatic carbocycles. The summed E-state index contributed by atoms with van der Waals surface area (Å²) < 4.78 is 40.7. The van der Waals surface area contributed by atoms with Gasteiger partial charge in [-0.1, -0.05) is 129 Å². The topological polar surface area (TPSA) is 136 Å². The van der Waals surface area contributed by atoms with E-state index in [1.165, 1.54) is 103 Å². The fourth-order valence-corrected chi connectivity index (χ4v) is 6.32. The molecule has 0 bridgehead atoms. The zero-order valence-corrected chi connectivity index (χ0v) is 39.2. The SMILES string of the molecule is CCCCCCCCCCCCOc1cc(N=Cc2cc(OC)ccc2O)c(N=Cc2cc(OC)ccc2O)cc1OCCCCCCCCCCCC.[O]=[U]=[O]. The Hall–Kier alpha value is -3.55. The number of aliphatic imine (C=N–C) groups is 2. The third-order valence-corrected chi connectivity index (χ3v) is 9.71. The van der Waals surface area contributed by atoms with Crippen LogP contribution in [0.1, 0.15) is 153 Å². The second-order valence-corrected chi connectivity index (χ2v) is 15.0. The van der Waals surface area contributed by atoms with Crippen molar-refractivity contribution in [2.24, 2.45) is 9.98 Å². The number of ether oxygens (including phenoxy) is 4. The van der Waals surface area contributed by atoms with E-state index in [9.17, 15) is 10.2 Å². The number of hydrogen-bond donors (Lipinski definition) is 2. The molecule has 0 aliphatic rings. The fraction of sp³-hybridized carbons (Fsp3) is 0.565. The molecule has 0 aliphatic carbocycles. The number of hydrogen-bond acceptors (Lipinski definition) is 10. The standard InChI is InChI=1S/C46H68N2O6.2O.U/c1-5-7-9-11-13-15-17-19-21-23-29-53-45-33-41(47-35-37-31-39(51-3)25-27-43(37)49)42(48-36-38-32-40(52-4)26-28-44(38)50)34-46(45)54-30-24-22-20-18-16-14-12-10-8-6-2;;;/h25-28,31-36,49-50H,5-24,29-30H2,1-4H3;;;. The molecule has 0 aliphatic heterocycles. The predicted molar refractivity (Wildman–Crippen MR) is 226 cm³/mol. The Kier molecular flexibility index (Phi) is 28.2. The predicted octanol–water partition coefficient (Wildman–Crippen LogP) is 13.0. The van der Waals surface area contributed by atoms with E-state index in [0.717, 1.165) is 25.7 Å². The molecule has 3 rings (SSSR count). The number of benzene rings is 3. The van der Waals surface area contributed by atoms with Crippen LogP contribution in [-0.4, -0.2) is 50.1 Å². The van der Waals surface area contributed by atoms with Gasteiger partial charge >= 0.3 is 32.3 Å². The van der Waals surface area contributed by atoms with E-state index in [2.05, 4.69) is 13.8 Å². The van der Waals surface area contributed by atoms with Gasteiger partial charge in [-0.3, -0.25) is 9.98 Å². The molecule has 0 fully saturated rings. The first-order valence-corrected chi connectivity index (χ1v) is 24.6. The van der Waals surface area contributed by atoms with Crippen molar-refractivity contribution in [2.45, 2.75) is 142 Å². The van der Waals surface area contributed by atoms with E-state index < -0.39 is 27.8 Å². The second kappa shape index (κ2) is 32.4. The van der Waals surface area contributed by atoms with Gasteiger partial charge in [0, 0.05) is 35.7 Å². The maximum absolute atomic E-state index is 10.5. The van der Waals surface area contributed by atoms with Crippen LogP contribution in [0.5, 0.6) is 34.5 Å². The van der Waals surface area contributed by atoms with Crippen molar-refractivity contribution < 1.29 is 61.5 Å². The van der Waals surface area contributed by atoms with E-state index >= 15 is 0 Å². The molecule has 314 valence electrons. The van der Waals surface area contributed by atoms with Crippen LogP contribution in [0.15, 0.2) is 58.5 Å². The van der Waals surface area contributed by atoms with Crippen LogP contribution in [0.4, 0.5) is 11.4 Å². The van der Waals surface area contributed by atoms with Crippen molar-refractivity contribution in [1.82, 2.24) is 0 Å². The summed E-state index contributed by atoms with van der Waals surface area (Å²) in [5, 5.41) is 21.1. The minimum atomic E-state index is -2.51. The minimum absolute atomic E-state index is 0.0831. The van der Waals surface area contributed by atoms with Crippen LogP contribution in [0, 0.1) is 27.8 Å². The number of methoxy groups -OCH3 is 2. The summed E-state index contributed by atoms with van der Waals surface area (Å²) in [5.41, 5.74) is 2.06. The molecule has 10 nitrogen and oxygen atoms in total. The Morgan fingerprint density at radius 2 is 0.825 bits per heavy atom. The Morgan fingerprint density at radius 1 is 0.509 bits per heavy atom. The molecule has 0 heterocycles. The van der Waals surface area contributed by atoms with E-state index in [0.29, 0.717) is 58.7 Å². The Labute approximate surface area is 357 Å². The van der Waals surface area contributed by atoms with Crippen LogP contribution in [0.3, 0.4) is 0 Å². The molecule has 0 amide bonds. The molecular weight excluding hydrogens is 947 g/mol. The second-order valence-electron chi connectivity index (χ2n) is 14.3. The summed E-state index contributed by atoms with van der Waals surface area (Å²) >= 11 is -2.51. The van der Waals surface area contributed by atoms with E-state index in [4.69, 9.17) is 33.4 Å². The normalized spacial score (nSPS) is 11.0. The quantitative estimate of drug-likeness (QED) is 0.0498. The average Bonchev–Trinajstić information content (AvgIpc) is 3.22. The molecule has 0 unspecified atom stereocenters.